The predicted molar refractivity (Wildman–Crippen MR) is 71.7 cm³/mol. The van der Waals surface area contributed by atoms with Crippen LogP contribution < -0.4 is 4.90 Å². The molecule has 2 atom stereocenters. The number of hydrogen-bond acceptors (Lipinski definition) is 5. The molecule has 5 nitrogen and oxygen atoms in total. The summed E-state index contributed by atoms with van der Waals surface area (Å²) in [6.07, 6.45) is 1.55. The summed E-state index contributed by atoms with van der Waals surface area (Å²) in [6.45, 7) is 9.55. The van der Waals surface area contributed by atoms with Crippen molar-refractivity contribution in [3.63, 3.8) is 0 Å². The van der Waals surface area contributed by atoms with Crippen molar-refractivity contribution >= 4 is 5.95 Å². The summed E-state index contributed by atoms with van der Waals surface area (Å²) in [6, 6.07) is 2.29. The summed E-state index contributed by atoms with van der Waals surface area (Å²) < 4.78 is 0. The minimum absolute atomic E-state index is 0.265. The van der Waals surface area contributed by atoms with Crippen molar-refractivity contribution in [1.29, 1.82) is 0 Å². The van der Waals surface area contributed by atoms with Crippen molar-refractivity contribution in [2.75, 3.05) is 31.1 Å². The van der Waals surface area contributed by atoms with Gasteiger partial charge in [-0.3, -0.25) is 4.90 Å². The predicted octanol–water partition coefficient (Wildman–Crippen LogP) is 0.676. The van der Waals surface area contributed by atoms with Crippen molar-refractivity contribution in [2.24, 2.45) is 0 Å². The van der Waals surface area contributed by atoms with E-state index >= 15 is 0 Å². The van der Waals surface area contributed by atoms with Crippen LogP contribution in [-0.4, -0.2) is 58.3 Å². The minimum atomic E-state index is -0.265. The van der Waals surface area contributed by atoms with Gasteiger partial charge in [0.2, 0.25) is 5.95 Å². The third kappa shape index (κ3) is 3.17. The molecule has 100 valence electrons. The Balaban J connectivity index is 2.01. The van der Waals surface area contributed by atoms with Gasteiger partial charge in [-0.1, -0.05) is 0 Å². The fourth-order valence-electron chi connectivity index (χ4n) is 2.44. The third-order valence-corrected chi connectivity index (χ3v) is 3.27. The lowest BCUT2D eigenvalue weighted by Crippen LogP contribution is -2.53. The second-order valence-corrected chi connectivity index (χ2v) is 5.15. The molecule has 1 aromatic heterocycles. The Hall–Kier alpha value is -1.20. The lowest BCUT2D eigenvalue weighted by molar-refractivity contribution is 0.114. The van der Waals surface area contributed by atoms with E-state index in [9.17, 15) is 5.11 Å². The summed E-state index contributed by atoms with van der Waals surface area (Å²) in [5.41, 5.74) is 0.999. The zero-order valence-corrected chi connectivity index (χ0v) is 11.4. The van der Waals surface area contributed by atoms with E-state index < -0.39 is 0 Å². The van der Waals surface area contributed by atoms with Crippen LogP contribution in [0.1, 0.15) is 19.5 Å². The van der Waals surface area contributed by atoms with Crippen LogP contribution in [0.25, 0.3) is 0 Å². The highest BCUT2D eigenvalue weighted by Gasteiger charge is 2.25. The number of aliphatic hydroxyl groups is 1. The number of aliphatic hydroxyl groups excluding tert-OH is 1. The molecule has 18 heavy (non-hydrogen) atoms. The van der Waals surface area contributed by atoms with Gasteiger partial charge in [0.15, 0.2) is 0 Å². The Morgan fingerprint density at radius 1 is 1.50 bits per heavy atom. The number of aryl methyl sites for hydroxylation is 1. The van der Waals surface area contributed by atoms with Gasteiger partial charge in [-0.05, 0) is 26.8 Å². The molecule has 0 radical (unpaired) electrons. The van der Waals surface area contributed by atoms with Crippen LogP contribution in [0.3, 0.4) is 0 Å². The molecule has 2 rings (SSSR count). The number of hydrogen-bond donors (Lipinski definition) is 1. The Labute approximate surface area is 108 Å². The van der Waals surface area contributed by atoms with E-state index in [1.165, 1.54) is 0 Å². The first kappa shape index (κ1) is 13.2. The average molecular weight is 250 g/mol. The van der Waals surface area contributed by atoms with Crippen LogP contribution in [0.5, 0.6) is 0 Å². The van der Waals surface area contributed by atoms with E-state index in [1.807, 2.05) is 26.1 Å². The van der Waals surface area contributed by atoms with Crippen LogP contribution in [0, 0.1) is 6.92 Å². The van der Waals surface area contributed by atoms with Crippen molar-refractivity contribution in [2.45, 2.75) is 32.9 Å². The molecule has 0 spiro atoms. The molecule has 0 bridgehead atoms. The second-order valence-electron chi connectivity index (χ2n) is 5.15. The van der Waals surface area contributed by atoms with Crippen molar-refractivity contribution in [3.8, 4) is 0 Å². The van der Waals surface area contributed by atoms with Gasteiger partial charge in [-0.25, -0.2) is 9.97 Å². The van der Waals surface area contributed by atoms with Gasteiger partial charge in [-0.2, -0.15) is 0 Å². The topological polar surface area (TPSA) is 52.5 Å². The number of nitrogens with zero attached hydrogens (tertiary/aromatic N) is 4. The molecule has 1 fully saturated rings. The van der Waals surface area contributed by atoms with E-state index in [2.05, 4.69) is 26.7 Å². The maximum atomic E-state index is 9.43. The largest absolute Gasteiger partial charge is 0.392 e. The van der Waals surface area contributed by atoms with E-state index in [1.54, 1.807) is 0 Å². The second kappa shape index (κ2) is 5.63. The first-order chi connectivity index (χ1) is 8.56. The SMILES string of the molecule is Cc1ccnc(N2CCN(CC(C)O)CC2C)n1. The number of anilines is 1. The Kier molecular flexibility index (Phi) is 4.14. The molecule has 0 aliphatic carbocycles. The van der Waals surface area contributed by atoms with Gasteiger partial charge in [0.1, 0.15) is 0 Å². The average Bonchev–Trinajstić information content (AvgIpc) is 2.28. The normalized spacial score (nSPS) is 23.1. The third-order valence-electron chi connectivity index (χ3n) is 3.27. The Morgan fingerprint density at radius 2 is 2.28 bits per heavy atom. The maximum absolute atomic E-state index is 9.43. The molecule has 0 aromatic carbocycles. The van der Waals surface area contributed by atoms with E-state index in [4.69, 9.17) is 0 Å². The van der Waals surface area contributed by atoms with Gasteiger partial charge < -0.3 is 10.0 Å². The summed E-state index contributed by atoms with van der Waals surface area (Å²) >= 11 is 0. The molecule has 1 saturated heterocycles. The molecule has 2 heterocycles. The Bertz CT molecular complexity index is 396. The standard InChI is InChI=1S/C13H22N4O/c1-10-4-5-14-13(15-10)17-7-6-16(8-11(17)2)9-12(3)18/h4-5,11-12,18H,6-9H2,1-3H3. The zero-order chi connectivity index (χ0) is 13.1. The van der Waals surface area contributed by atoms with Gasteiger partial charge in [-0.15, -0.1) is 0 Å². The molecule has 0 amide bonds. The summed E-state index contributed by atoms with van der Waals surface area (Å²) in [4.78, 5) is 13.4. The number of β-amino-alcohol motifs (C(OH)–C–C–N with tert-alkyl or cyclic N) is 1. The minimum Gasteiger partial charge on any atom is -0.392 e. The lowest BCUT2D eigenvalue weighted by Gasteiger charge is -2.40. The molecular formula is C13H22N4O. The van der Waals surface area contributed by atoms with E-state index in [0.717, 1.165) is 37.8 Å². The fraction of sp³-hybridized carbons (Fsp3) is 0.692. The number of rotatable bonds is 3. The monoisotopic (exact) mass is 250 g/mol. The van der Waals surface area contributed by atoms with Crippen LogP contribution in [-0.2, 0) is 0 Å². The first-order valence-corrected chi connectivity index (χ1v) is 6.53. The highest BCUT2D eigenvalue weighted by atomic mass is 16.3. The highest BCUT2D eigenvalue weighted by Crippen LogP contribution is 2.16. The molecule has 5 heteroatoms. The Morgan fingerprint density at radius 3 is 2.89 bits per heavy atom. The smallest absolute Gasteiger partial charge is 0.225 e. The molecule has 1 aliphatic heterocycles. The molecular weight excluding hydrogens is 228 g/mol. The van der Waals surface area contributed by atoms with Gasteiger partial charge in [0, 0.05) is 44.1 Å². The van der Waals surface area contributed by atoms with Gasteiger partial charge in [0.25, 0.3) is 0 Å². The highest BCUT2D eigenvalue weighted by molar-refractivity contribution is 5.32. The fourth-order valence-corrected chi connectivity index (χ4v) is 2.44. The summed E-state index contributed by atoms with van der Waals surface area (Å²) in [5.74, 6) is 0.819. The number of aromatic nitrogens is 2. The molecule has 2 unspecified atom stereocenters. The van der Waals surface area contributed by atoms with E-state index in [-0.39, 0.29) is 6.10 Å². The van der Waals surface area contributed by atoms with Crippen LogP contribution in [0.4, 0.5) is 5.95 Å². The van der Waals surface area contributed by atoms with Crippen LogP contribution in [0.2, 0.25) is 0 Å². The van der Waals surface area contributed by atoms with Crippen LogP contribution in [0.15, 0.2) is 12.3 Å². The molecule has 0 saturated carbocycles. The van der Waals surface area contributed by atoms with Crippen molar-refractivity contribution < 1.29 is 5.11 Å². The van der Waals surface area contributed by atoms with Crippen LogP contribution >= 0.6 is 0 Å². The maximum Gasteiger partial charge on any atom is 0.225 e. The van der Waals surface area contributed by atoms with E-state index in [0.29, 0.717) is 6.04 Å². The number of piperazine rings is 1. The molecule has 1 aliphatic rings. The zero-order valence-electron chi connectivity index (χ0n) is 11.4. The summed E-state index contributed by atoms with van der Waals surface area (Å²) in [5, 5.41) is 9.43. The lowest BCUT2D eigenvalue weighted by atomic mass is 10.2. The summed E-state index contributed by atoms with van der Waals surface area (Å²) in [7, 11) is 0. The molecule has 1 aromatic rings. The first-order valence-electron chi connectivity index (χ1n) is 6.53. The van der Waals surface area contributed by atoms with Crippen molar-refractivity contribution in [3.05, 3.63) is 18.0 Å². The van der Waals surface area contributed by atoms with Crippen molar-refractivity contribution in [1.82, 2.24) is 14.9 Å². The van der Waals surface area contributed by atoms with Gasteiger partial charge >= 0.3 is 0 Å². The molecule has 1 N–H and O–H groups in total. The quantitative estimate of drug-likeness (QED) is 0.855. The van der Waals surface area contributed by atoms with Gasteiger partial charge in [0.05, 0.1) is 6.10 Å².